The molecular weight excluding hydrogens is 309 g/mol. The van der Waals surface area contributed by atoms with Crippen LogP contribution in [0.2, 0.25) is 0 Å². The molecule has 2 amide bonds. The fraction of sp³-hybridized carbons (Fsp3) is 0.556. The first-order valence-electron chi connectivity index (χ1n) is 8.67. The van der Waals surface area contributed by atoms with Crippen LogP contribution < -0.4 is 15.5 Å². The maximum absolute atomic E-state index is 14.5. The molecule has 130 valence electrons. The van der Waals surface area contributed by atoms with Gasteiger partial charge in [-0.2, -0.15) is 0 Å². The highest BCUT2D eigenvalue weighted by Gasteiger charge is 2.27. The second-order valence-electron chi connectivity index (χ2n) is 6.72. The lowest BCUT2D eigenvalue weighted by atomic mass is 9.94. The molecule has 0 radical (unpaired) electrons. The Morgan fingerprint density at radius 1 is 1.25 bits per heavy atom. The molecule has 1 atom stereocenters. The van der Waals surface area contributed by atoms with Gasteiger partial charge in [-0.3, -0.25) is 9.59 Å². The van der Waals surface area contributed by atoms with Crippen molar-refractivity contribution in [3.63, 3.8) is 0 Å². The molecule has 3 rings (SSSR count). The van der Waals surface area contributed by atoms with Crippen molar-refractivity contribution in [2.24, 2.45) is 0 Å². The zero-order valence-electron chi connectivity index (χ0n) is 14.0. The number of hydrogen-bond acceptors (Lipinski definition) is 3. The molecule has 1 heterocycles. The van der Waals surface area contributed by atoms with Gasteiger partial charge in [0.2, 0.25) is 11.8 Å². The number of nitrogens with one attached hydrogen (secondary N) is 2. The molecule has 1 saturated heterocycles. The van der Waals surface area contributed by atoms with Gasteiger partial charge in [-0.15, -0.1) is 0 Å². The third-order valence-electron chi connectivity index (χ3n) is 5.03. The summed E-state index contributed by atoms with van der Waals surface area (Å²) in [5.41, 5.74) is 0.980. The van der Waals surface area contributed by atoms with Crippen LogP contribution in [0.25, 0.3) is 0 Å². The van der Waals surface area contributed by atoms with Crippen LogP contribution in [-0.4, -0.2) is 30.9 Å². The van der Waals surface area contributed by atoms with Gasteiger partial charge in [-0.1, -0.05) is 19.3 Å². The monoisotopic (exact) mass is 333 g/mol. The number of amides is 2. The van der Waals surface area contributed by atoms with Gasteiger partial charge in [-0.05, 0) is 37.5 Å². The van der Waals surface area contributed by atoms with Crippen molar-refractivity contribution in [3.05, 3.63) is 24.0 Å². The lowest BCUT2D eigenvalue weighted by molar-refractivity contribution is -0.122. The highest BCUT2D eigenvalue weighted by molar-refractivity contribution is 5.99. The third kappa shape index (κ3) is 3.68. The second kappa shape index (κ2) is 7.20. The first-order valence-corrected chi connectivity index (χ1v) is 8.67. The van der Waals surface area contributed by atoms with Crippen molar-refractivity contribution in [1.82, 2.24) is 5.32 Å². The summed E-state index contributed by atoms with van der Waals surface area (Å²) in [5, 5.41) is 5.29. The fourth-order valence-corrected chi connectivity index (χ4v) is 3.58. The van der Waals surface area contributed by atoms with Crippen LogP contribution in [0, 0.1) is 5.82 Å². The van der Waals surface area contributed by atoms with Gasteiger partial charge in [0.25, 0.3) is 0 Å². The summed E-state index contributed by atoms with van der Waals surface area (Å²) < 4.78 is 14.5. The van der Waals surface area contributed by atoms with E-state index in [4.69, 9.17) is 0 Å². The minimum atomic E-state index is -0.523. The molecule has 1 saturated carbocycles. The Labute approximate surface area is 141 Å². The number of carbonyl (C=O) groups excluding carboxylic acids is 2. The van der Waals surface area contributed by atoms with Crippen LogP contribution in [0.4, 0.5) is 15.8 Å². The Hall–Kier alpha value is -2.11. The molecule has 5 nitrogen and oxygen atoms in total. The molecule has 1 aromatic carbocycles. The largest absolute Gasteiger partial charge is 0.369 e. The van der Waals surface area contributed by atoms with Crippen LogP contribution in [-0.2, 0) is 9.59 Å². The topological polar surface area (TPSA) is 61.4 Å². The summed E-state index contributed by atoms with van der Waals surface area (Å²) in [4.78, 5) is 25.3. The van der Waals surface area contributed by atoms with Gasteiger partial charge >= 0.3 is 0 Å². The zero-order chi connectivity index (χ0) is 17.1. The molecule has 0 unspecified atom stereocenters. The lowest BCUT2D eigenvalue weighted by Gasteiger charge is -2.33. The number of anilines is 2. The first kappa shape index (κ1) is 16.7. The molecule has 0 bridgehead atoms. The van der Waals surface area contributed by atoms with Gasteiger partial charge < -0.3 is 15.5 Å². The van der Waals surface area contributed by atoms with E-state index in [1.54, 1.807) is 12.1 Å². The van der Waals surface area contributed by atoms with Crippen LogP contribution in [0.3, 0.4) is 0 Å². The molecule has 1 aliphatic heterocycles. The van der Waals surface area contributed by atoms with E-state index in [0.29, 0.717) is 30.3 Å². The van der Waals surface area contributed by atoms with Crippen LogP contribution in [0.5, 0.6) is 0 Å². The predicted octanol–water partition coefficient (Wildman–Crippen LogP) is 2.81. The molecular formula is C18H24FN3O2. The molecule has 2 aliphatic rings. The Kier molecular flexibility index (Phi) is 5.02. The smallest absolute Gasteiger partial charge is 0.246 e. The summed E-state index contributed by atoms with van der Waals surface area (Å²) >= 11 is 0. The summed E-state index contributed by atoms with van der Waals surface area (Å²) in [5.74, 6) is -0.754. The average molecular weight is 333 g/mol. The van der Waals surface area contributed by atoms with Gasteiger partial charge in [-0.25, -0.2) is 4.39 Å². The van der Waals surface area contributed by atoms with E-state index in [2.05, 4.69) is 10.6 Å². The van der Waals surface area contributed by atoms with Crippen molar-refractivity contribution in [2.45, 2.75) is 57.0 Å². The van der Waals surface area contributed by atoms with Crippen molar-refractivity contribution in [2.75, 3.05) is 17.3 Å². The molecule has 6 heteroatoms. The van der Waals surface area contributed by atoms with E-state index in [1.165, 1.54) is 25.3 Å². The van der Waals surface area contributed by atoms with E-state index in [-0.39, 0.29) is 17.6 Å². The number of nitrogens with zero attached hydrogens (tertiary/aromatic N) is 1. The van der Waals surface area contributed by atoms with Gasteiger partial charge in [0.15, 0.2) is 0 Å². The summed E-state index contributed by atoms with van der Waals surface area (Å²) in [7, 11) is 1.93. The highest BCUT2D eigenvalue weighted by atomic mass is 19.1. The molecule has 0 aromatic heterocycles. The Morgan fingerprint density at radius 2 is 2.00 bits per heavy atom. The van der Waals surface area contributed by atoms with Crippen molar-refractivity contribution < 1.29 is 14.0 Å². The second-order valence-corrected chi connectivity index (χ2v) is 6.72. The molecule has 2 N–H and O–H groups in total. The lowest BCUT2D eigenvalue weighted by Crippen LogP contribution is -2.37. The van der Waals surface area contributed by atoms with Gasteiger partial charge in [0.1, 0.15) is 11.9 Å². The summed E-state index contributed by atoms with van der Waals surface area (Å²) in [6.45, 7) is 0. The molecule has 0 spiro atoms. The van der Waals surface area contributed by atoms with Crippen LogP contribution in [0.1, 0.15) is 44.9 Å². The van der Waals surface area contributed by atoms with E-state index in [1.807, 2.05) is 11.9 Å². The number of rotatable bonds is 4. The fourth-order valence-electron chi connectivity index (χ4n) is 3.58. The minimum absolute atomic E-state index is 0.120. The van der Waals surface area contributed by atoms with E-state index >= 15 is 0 Å². The van der Waals surface area contributed by atoms with Gasteiger partial charge in [0.05, 0.1) is 5.69 Å². The maximum atomic E-state index is 14.5. The summed E-state index contributed by atoms with van der Waals surface area (Å²) in [6, 6.07) is 4.63. The van der Waals surface area contributed by atoms with Crippen molar-refractivity contribution >= 4 is 23.2 Å². The minimum Gasteiger partial charge on any atom is -0.369 e. The standard InChI is InChI=1S/C18H24FN3O2/c1-22(13-5-3-2-4-6-13)16-9-7-12(11-14(16)19)20-18(24)15-8-10-17(23)21-15/h7,9,11,13,15H,2-6,8,10H2,1H3,(H,20,24)(H,21,23)/t15-/m0/s1. The first-order chi connectivity index (χ1) is 11.5. The van der Waals surface area contributed by atoms with E-state index < -0.39 is 6.04 Å². The van der Waals surface area contributed by atoms with Crippen LogP contribution in [0.15, 0.2) is 18.2 Å². The number of benzene rings is 1. The Morgan fingerprint density at radius 3 is 2.62 bits per heavy atom. The van der Waals surface area contributed by atoms with Gasteiger partial charge in [0, 0.05) is 25.2 Å². The Bertz CT molecular complexity index is 629. The Balaban J connectivity index is 1.65. The molecule has 1 aliphatic carbocycles. The number of halogens is 1. The van der Waals surface area contributed by atoms with Crippen molar-refractivity contribution in [1.29, 1.82) is 0 Å². The zero-order valence-corrected chi connectivity index (χ0v) is 14.0. The SMILES string of the molecule is CN(c1ccc(NC(=O)[C@@H]2CCC(=O)N2)cc1F)C1CCCCC1. The van der Waals surface area contributed by atoms with Crippen LogP contribution >= 0.6 is 0 Å². The van der Waals surface area contributed by atoms with E-state index in [0.717, 1.165) is 12.8 Å². The normalized spacial score (nSPS) is 21.4. The number of hydrogen-bond donors (Lipinski definition) is 2. The maximum Gasteiger partial charge on any atom is 0.246 e. The van der Waals surface area contributed by atoms with E-state index in [9.17, 15) is 14.0 Å². The quantitative estimate of drug-likeness (QED) is 0.891. The third-order valence-corrected chi connectivity index (χ3v) is 5.03. The average Bonchev–Trinajstić information content (AvgIpc) is 3.02. The summed E-state index contributed by atoms with van der Waals surface area (Å²) in [6.07, 6.45) is 6.67. The highest BCUT2D eigenvalue weighted by Crippen LogP contribution is 2.29. The number of carbonyl (C=O) groups is 2. The molecule has 2 fully saturated rings. The predicted molar refractivity (Wildman–Crippen MR) is 91.5 cm³/mol. The van der Waals surface area contributed by atoms with Crippen molar-refractivity contribution in [3.8, 4) is 0 Å². The molecule has 24 heavy (non-hydrogen) atoms. The molecule has 1 aromatic rings.